The van der Waals surface area contributed by atoms with Gasteiger partial charge in [0.2, 0.25) is 5.91 Å². The maximum Gasteiger partial charge on any atom is 0.227 e. The number of nitrogens with one attached hydrogen (secondary N) is 2. The second kappa shape index (κ2) is 9.47. The van der Waals surface area contributed by atoms with Gasteiger partial charge in [0.05, 0.1) is 0 Å². The molecule has 4 nitrogen and oxygen atoms in total. The summed E-state index contributed by atoms with van der Waals surface area (Å²) in [5.74, 6) is 0.238. The Labute approximate surface area is 159 Å². The van der Waals surface area contributed by atoms with Gasteiger partial charge >= 0.3 is 0 Å². The fourth-order valence-corrected chi connectivity index (χ4v) is 4.25. The largest absolute Gasteiger partial charge is 0.312 e. The Morgan fingerprint density at radius 2 is 2.20 bits per heavy atom. The van der Waals surface area contributed by atoms with E-state index in [0.29, 0.717) is 23.5 Å². The van der Waals surface area contributed by atoms with Crippen molar-refractivity contribution in [2.45, 2.75) is 18.9 Å². The first-order valence-electron chi connectivity index (χ1n) is 7.60. The van der Waals surface area contributed by atoms with Crippen molar-refractivity contribution in [2.75, 3.05) is 23.4 Å². The highest BCUT2D eigenvalue weighted by Crippen LogP contribution is 2.22. The molecule has 1 amide bonds. The minimum absolute atomic E-state index is 0. The summed E-state index contributed by atoms with van der Waals surface area (Å²) in [5.41, 5.74) is 0.666. The van der Waals surface area contributed by atoms with Crippen LogP contribution in [0.5, 0.6) is 0 Å². The van der Waals surface area contributed by atoms with E-state index in [4.69, 9.17) is 0 Å². The lowest BCUT2D eigenvalue weighted by Crippen LogP contribution is -2.39. The standard InChI is InChI=1S/C16H17F2N3OS2.ClH/c17-13-2-1-10(6-14(13)18)5-12-8-20-16(24-12)21-15(22)7-11-9-23-4-3-19-11;/h1-2,6,8,11,19H,3-5,7,9H2,(H,20,21,22);1H. The number of halogens is 3. The van der Waals surface area contributed by atoms with E-state index >= 15 is 0 Å². The van der Waals surface area contributed by atoms with Gasteiger partial charge in [0.25, 0.3) is 0 Å². The molecule has 1 fully saturated rings. The second-order valence-electron chi connectivity index (χ2n) is 5.54. The average molecular weight is 406 g/mol. The zero-order chi connectivity index (χ0) is 16.9. The number of hydrogen-bond donors (Lipinski definition) is 2. The van der Waals surface area contributed by atoms with Crippen LogP contribution in [0.4, 0.5) is 13.9 Å². The third kappa shape index (κ3) is 5.91. The van der Waals surface area contributed by atoms with Crippen LogP contribution in [0, 0.1) is 11.6 Å². The molecular formula is C16H18ClF2N3OS2. The molecule has 3 rings (SSSR count). The van der Waals surface area contributed by atoms with Gasteiger partial charge in [-0.3, -0.25) is 4.79 Å². The van der Waals surface area contributed by atoms with Crippen LogP contribution < -0.4 is 10.6 Å². The summed E-state index contributed by atoms with van der Waals surface area (Å²) in [6.45, 7) is 0.929. The van der Waals surface area contributed by atoms with Crippen molar-refractivity contribution in [2.24, 2.45) is 0 Å². The first-order chi connectivity index (χ1) is 11.6. The Morgan fingerprint density at radius 3 is 2.92 bits per heavy atom. The molecule has 1 aliphatic rings. The van der Waals surface area contributed by atoms with Crippen molar-refractivity contribution < 1.29 is 13.6 Å². The fourth-order valence-electron chi connectivity index (χ4n) is 2.44. The highest BCUT2D eigenvalue weighted by atomic mass is 35.5. The molecule has 1 atom stereocenters. The molecule has 1 saturated heterocycles. The SMILES string of the molecule is Cl.O=C(CC1CSCCN1)Nc1ncc(Cc2ccc(F)c(F)c2)s1. The number of rotatable bonds is 5. The number of amides is 1. The molecule has 0 bridgehead atoms. The summed E-state index contributed by atoms with van der Waals surface area (Å²) in [6, 6.07) is 4.04. The lowest BCUT2D eigenvalue weighted by Gasteiger charge is -2.22. The molecule has 0 saturated carbocycles. The third-order valence-corrected chi connectivity index (χ3v) is 5.64. The Morgan fingerprint density at radius 1 is 1.36 bits per heavy atom. The number of benzene rings is 1. The van der Waals surface area contributed by atoms with Crippen LogP contribution in [0.25, 0.3) is 0 Å². The molecule has 2 N–H and O–H groups in total. The van der Waals surface area contributed by atoms with Crippen molar-refractivity contribution in [1.82, 2.24) is 10.3 Å². The van der Waals surface area contributed by atoms with E-state index in [1.807, 2.05) is 11.8 Å². The summed E-state index contributed by atoms with van der Waals surface area (Å²) < 4.78 is 26.2. The third-order valence-electron chi connectivity index (χ3n) is 3.59. The number of anilines is 1. The molecule has 9 heteroatoms. The predicted molar refractivity (Wildman–Crippen MR) is 101 cm³/mol. The van der Waals surface area contributed by atoms with Gasteiger partial charge in [0, 0.05) is 48.0 Å². The molecule has 0 radical (unpaired) electrons. The Kier molecular flexibility index (Phi) is 7.61. The molecule has 1 aromatic carbocycles. The minimum Gasteiger partial charge on any atom is -0.312 e. The van der Waals surface area contributed by atoms with E-state index in [1.54, 1.807) is 12.3 Å². The summed E-state index contributed by atoms with van der Waals surface area (Å²) in [6.07, 6.45) is 2.52. The molecule has 136 valence electrons. The number of aromatic nitrogens is 1. The van der Waals surface area contributed by atoms with Crippen LogP contribution in [-0.4, -0.2) is 35.0 Å². The molecule has 1 aromatic heterocycles. The minimum atomic E-state index is -0.858. The Bertz CT molecular complexity index is 723. The maximum absolute atomic E-state index is 13.2. The molecular weight excluding hydrogens is 388 g/mol. The van der Waals surface area contributed by atoms with E-state index < -0.39 is 11.6 Å². The quantitative estimate of drug-likeness (QED) is 0.799. The lowest BCUT2D eigenvalue weighted by atomic mass is 10.1. The first-order valence-corrected chi connectivity index (χ1v) is 9.57. The zero-order valence-corrected chi connectivity index (χ0v) is 15.7. The smallest absolute Gasteiger partial charge is 0.227 e. The van der Waals surface area contributed by atoms with Crippen LogP contribution in [-0.2, 0) is 11.2 Å². The lowest BCUT2D eigenvalue weighted by molar-refractivity contribution is -0.116. The number of hydrogen-bond acceptors (Lipinski definition) is 5. The van der Waals surface area contributed by atoms with Crippen LogP contribution >= 0.6 is 35.5 Å². The van der Waals surface area contributed by atoms with E-state index in [2.05, 4.69) is 15.6 Å². The van der Waals surface area contributed by atoms with E-state index in [1.165, 1.54) is 17.4 Å². The molecule has 1 unspecified atom stereocenters. The summed E-state index contributed by atoms with van der Waals surface area (Å²) in [4.78, 5) is 17.1. The number of carbonyl (C=O) groups excluding carboxylic acids is 1. The molecule has 0 spiro atoms. The Balaban J connectivity index is 0.00000225. The van der Waals surface area contributed by atoms with Crippen molar-refractivity contribution in [1.29, 1.82) is 0 Å². The van der Waals surface area contributed by atoms with Gasteiger partial charge < -0.3 is 10.6 Å². The molecule has 2 heterocycles. The van der Waals surface area contributed by atoms with Gasteiger partial charge in [-0.2, -0.15) is 11.8 Å². The van der Waals surface area contributed by atoms with Crippen molar-refractivity contribution >= 4 is 46.5 Å². The number of carbonyl (C=O) groups is 1. The van der Waals surface area contributed by atoms with Crippen molar-refractivity contribution in [3.05, 3.63) is 46.5 Å². The van der Waals surface area contributed by atoms with Crippen LogP contribution in [0.15, 0.2) is 24.4 Å². The van der Waals surface area contributed by atoms with Crippen LogP contribution in [0.3, 0.4) is 0 Å². The highest BCUT2D eigenvalue weighted by molar-refractivity contribution is 7.99. The number of thioether (sulfide) groups is 1. The molecule has 1 aliphatic heterocycles. The summed E-state index contributed by atoms with van der Waals surface area (Å²) in [5, 5.41) is 6.65. The van der Waals surface area contributed by atoms with E-state index in [9.17, 15) is 13.6 Å². The maximum atomic E-state index is 13.2. The van der Waals surface area contributed by atoms with Crippen molar-refractivity contribution in [3.63, 3.8) is 0 Å². The van der Waals surface area contributed by atoms with Crippen LogP contribution in [0.1, 0.15) is 16.9 Å². The number of thiazole rings is 1. The Hall–Kier alpha value is -1.22. The number of nitrogens with zero attached hydrogens (tertiary/aromatic N) is 1. The van der Waals surface area contributed by atoms with Gasteiger partial charge in [-0.1, -0.05) is 6.07 Å². The van der Waals surface area contributed by atoms with Gasteiger partial charge in [0.1, 0.15) is 0 Å². The van der Waals surface area contributed by atoms with Gasteiger partial charge in [-0.05, 0) is 17.7 Å². The fraction of sp³-hybridized carbons (Fsp3) is 0.375. The topological polar surface area (TPSA) is 54.0 Å². The first kappa shape index (κ1) is 20.1. The molecule has 0 aliphatic carbocycles. The van der Waals surface area contributed by atoms with E-state index in [0.717, 1.165) is 29.0 Å². The average Bonchev–Trinajstić information content (AvgIpc) is 2.98. The summed E-state index contributed by atoms with van der Waals surface area (Å²) >= 11 is 3.19. The molecule has 25 heavy (non-hydrogen) atoms. The van der Waals surface area contributed by atoms with Gasteiger partial charge in [-0.15, -0.1) is 23.7 Å². The zero-order valence-electron chi connectivity index (χ0n) is 13.3. The van der Waals surface area contributed by atoms with Crippen LogP contribution in [0.2, 0.25) is 0 Å². The molecule has 2 aromatic rings. The monoisotopic (exact) mass is 405 g/mol. The van der Waals surface area contributed by atoms with Crippen molar-refractivity contribution in [3.8, 4) is 0 Å². The summed E-state index contributed by atoms with van der Waals surface area (Å²) in [7, 11) is 0. The predicted octanol–water partition coefficient (Wildman–Crippen LogP) is 3.47. The second-order valence-corrected chi connectivity index (χ2v) is 7.80. The highest BCUT2D eigenvalue weighted by Gasteiger charge is 2.17. The van der Waals surface area contributed by atoms with Gasteiger partial charge in [0.15, 0.2) is 16.8 Å². The van der Waals surface area contributed by atoms with Gasteiger partial charge in [-0.25, -0.2) is 13.8 Å². The normalized spacial score (nSPS) is 17.0. The van der Waals surface area contributed by atoms with E-state index in [-0.39, 0.29) is 24.4 Å².